The van der Waals surface area contributed by atoms with Gasteiger partial charge in [-0.25, -0.2) is 4.79 Å². The van der Waals surface area contributed by atoms with Crippen molar-refractivity contribution >= 4 is 17.7 Å². The second-order valence-electron chi connectivity index (χ2n) is 8.64. The first-order valence-electron chi connectivity index (χ1n) is 10.1. The number of methoxy groups -OCH3 is 2. The highest BCUT2D eigenvalue weighted by atomic mass is 16.5. The van der Waals surface area contributed by atoms with Gasteiger partial charge < -0.3 is 19.7 Å². The van der Waals surface area contributed by atoms with E-state index in [1.54, 1.807) is 13.2 Å². The Kier molecular flexibility index (Phi) is 4.92. The maximum absolute atomic E-state index is 13.4. The molecule has 1 aromatic carbocycles. The summed E-state index contributed by atoms with van der Waals surface area (Å²) in [5.74, 6) is -1.12. The SMILES string of the molecule is COC(=O)C1=C2C(=O)NCCN2C2=C(C(=O)CC(C)(C)C2)[C@@H]1c1ccccc1OC. The lowest BCUT2D eigenvalue weighted by Gasteiger charge is -2.46. The Labute approximate surface area is 175 Å². The summed E-state index contributed by atoms with van der Waals surface area (Å²) in [6, 6.07) is 7.29. The molecule has 1 aromatic rings. The minimum atomic E-state index is -0.720. The Morgan fingerprint density at radius 3 is 2.60 bits per heavy atom. The minimum absolute atomic E-state index is 0.0106. The Balaban J connectivity index is 2.05. The van der Waals surface area contributed by atoms with Crippen molar-refractivity contribution in [1.82, 2.24) is 10.2 Å². The second-order valence-corrected chi connectivity index (χ2v) is 8.64. The summed E-state index contributed by atoms with van der Waals surface area (Å²) in [6.45, 7) is 5.05. The molecule has 0 unspecified atom stereocenters. The highest BCUT2D eigenvalue weighted by Crippen LogP contribution is 2.51. The molecule has 0 radical (unpaired) electrons. The molecule has 1 fully saturated rings. The van der Waals surface area contributed by atoms with Crippen molar-refractivity contribution in [3.05, 3.63) is 52.4 Å². The van der Waals surface area contributed by atoms with E-state index in [-0.39, 0.29) is 28.4 Å². The molecule has 0 aromatic heterocycles. The molecule has 1 N–H and O–H groups in total. The molecule has 0 spiro atoms. The van der Waals surface area contributed by atoms with Gasteiger partial charge in [-0.1, -0.05) is 32.0 Å². The first-order chi connectivity index (χ1) is 14.3. The standard InChI is InChI=1S/C23H26N2O5/c1-23(2)11-14-18(15(26)12-23)17(13-7-5-6-8-16(13)29-3)19(22(28)30-4)20-21(27)24-9-10-25(14)20/h5-8,17H,9-12H2,1-4H3,(H,24,27)/t17-/m0/s1. The fourth-order valence-corrected chi connectivity index (χ4v) is 4.83. The average molecular weight is 410 g/mol. The van der Waals surface area contributed by atoms with E-state index in [0.29, 0.717) is 42.8 Å². The number of piperazine rings is 1. The normalized spacial score (nSPS) is 22.9. The van der Waals surface area contributed by atoms with E-state index in [4.69, 9.17) is 9.47 Å². The van der Waals surface area contributed by atoms with Crippen LogP contribution in [0, 0.1) is 5.41 Å². The van der Waals surface area contributed by atoms with Crippen LogP contribution in [0.25, 0.3) is 0 Å². The number of carbonyl (C=O) groups excluding carboxylic acids is 3. The van der Waals surface area contributed by atoms with E-state index in [2.05, 4.69) is 19.2 Å². The van der Waals surface area contributed by atoms with Crippen LogP contribution >= 0.6 is 0 Å². The first-order valence-corrected chi connectivity index (χ1v) is 10.1. The zero-order valence-corrected chi connectivity index (χ0v) is 17.7. The van der Waals surface area contributed by atoms with Gasteiger partial charge in [0.25, 0.3) is 5.91 Å². The van der Waals surface area contributed by atoms with E-state index in [9.17, 15) is 14.4 Å². The van der Waals surface area contributed by atoms with Crippen molar-refractivity contribution in [2.75, 3.05) is 27.3 Å². The molecule has 0 bridgehead atoms. The van der Waals surface area contributed by atoms with Gasteiger partial charge in [-0.15, -0.1) is 0 Å². The number of allylic oxidation sites excluding steroid dienone is 2. The number of fused-ring (bicyclic) bond motifs is 2. The van der Waals surface area contributed by atoms with Gasteiger partial charge >= 0.3 is 5.97 Å². The molecule has 1 aliphatic carbocycles. The van der Waals surface area contributed by atoms with E-state index in [1.165, 1.54) is 7.11 Å². The molecule has 3 aliphatic rings. The third-order valence-corrected chi connectivity index (χ3v) is 6.02. The summed E-state index contributed by atoms with van der Waals surface area (Å²) >= 11 is 0. The Morgan fingerprint density at radius 2 is 1.90 bits per heavy atom. The summed E-state index contributed by atoms with van der Waals surface area (Å²) in [6.07, 6.45) is 1.02. The lowest BCUT2D eigenvalue weighted by molar-refractivity contribution is -0.137. The van der Waals surface area contributed by atoms with Crippen LogP contribution in [0.2, 0.25) is 0 Å². The summed E-state index contributed by atoms with van der Waals surface area (Å²) in [4.78, 5) is 41.2. The number of esters is 1. The van der Waals surface area contributed by atoms with Crippen LogP contribution < -0.4 is 10.1 Å². The molecular weight excluding hydrogens is 384 g/mol. The van der Waals surface area contributed by atoms with Gasteiger partial charge in [0.05, 0.1) is 25.7 Å². The second kappa shape index (κ2) is 7.31. The van der Waals surface area contributed by atoms with Crippen molar-refractivity contribution in [2.45, 2.75) is 32.6 Å². The fourth-order valence-electron chi connectivity index (χ4n) is 4.83. The first kappa shape index (κ1) is 20.2. The van der Waals surface area contributed by atoms with E-state index < -0.39 is 11.9 Å². The van der Waals surface area contributed by atoms with Crippen LogP contribution in [-0.2, 0) is 19.1 Å². The quantitative estimate of drug-likeness (QED) is 0.770. The predicted octanol–water partition coefficient (Wildman–Crippen LogP) is 2.29. The monoisotopic (exact) mass is 410 g/mol. The predicted molar refractivity (Wildman–Crippen MR) is 110 cm³/mol. The maximum atomic E-state index is 13.4. The molecule has 30 heavy (non-hydrogen) atoms. The minimum Gasteiger partial charge on any atom is -0.496 e. The lowest BCUT2D eigenvalue weighted by atomic mass is 9.67. The topological polar surface area (TPSA) is 84.9 Å². The lowest BCUT2D eigenvalue weighted by Crippen LogP contribution is -2.51. The Morgan fingerprint density at radius 1 is 1.17 bits per heavy atom. The number of nitrogens with zero attached hydrogens (tertiary/aromatic N) is 1. The number of ketones is 1. The molecule has 158 valence electrons. The third kappa shape index (κ3) is 3.09. The third-order valence-electron chi connectivity index (χ3n) is 6.02. The van der Waals surface area contributed by atoms with Crippen LogP contribution in [0.15, 0.2) is 46.8 Å². The van der Waals surface area contributed by atoms with Crippen molar-refractivity contribution < 1.29 is 23.9 Å². The number of para-hydroxylation sites is 1. The number of nitrogens with one attached hydrogen (secondary N) is 1. The molecule has 4 rings (SSSR count). The zero-order valence-electron chi connectivity index (χ0n) is 17.7. The number of ether oxygens (including phenoxy) is 2. The van der Waals surface area contributed by atoms with Gasteiger partial charge in [0.1, 0.15) is 11.4 Å². The van der Waals surface area contributed by atoms with Gasteiger partial charge in [-0.2, -0.15) is 0 Å². The van der Waals surface area contributed by atoms with Crippen molar-refractivity contribution in [2.24, 2.45) is 5.41 Å². The zero-order chi connectivity index (χ0) is 21.6. The molecule has 1 saturated heterocycles. The fraction of sp³-hybridized carbons (Fsp3) is 0.435. The smallest absolute Gasteiger partial charge is 0.337 e. The number of amides is 1. The van der Waals surface area contributed by atoms with E-state index in [1.807, 2.05) is 23.1 Å². The molecular formula is C23H26N2O5. The Bertz CT molecular complexity index is 1000. The van der Waals surface area contributed by atoms with Crippen LogP contribution in [0.4, 0.5) is 0 Å². The summed E-state index contributed by atoms with van der Waals surface area (Å²) in [5, 5.41) is 2.83. The van der Waals surface area contributed by atoms with Gasteiger partial charge in [0.15, 0.2) is 5.78 Å². The Hall–Kier alpha value is -3.09. The van der Waals surface area contributed by atoms with Crippen molar-refractivity contribution in [3.8, 4) is 5.75 Å². The molecule has 2 aliphatic heterocycles. The highest BCUT2D eigenvalue weighted by Gasteiger charge is 2.49. The average Bonchev–Trinajstić information content (AvgIpc) is 2.72. The number of Topliss-reactive ketones (excluding diaryl/α,β-unsaturated/α-hetero) is 1. The van der Waals surface area contributed by atoms with Crippen molar-refractivity contribution in [1.29, 1.82) is 0 Å². The van der Waals surface area contributed by atoms with Gasteiger partial charge in [-0.3, -0.25) is 9.59 Å². The molecule has 1 atom stereocenters. The number of benzene rings is 1. The van der Waals surface area contributed by atoms with Crippen LogP contribution in [-0.4, -0.2) is 49.9 Å². The number of carbonyl (C=O) groups is 3. The van der Waals surface area contributed by atoms with E-state index >= 15 is 0 Å². The molecule has 2 heterocycles. The molecule has 7 nitrogen and oxygen atoms in total. The van der Waals surface area contributed by atoms with Crippen LogP contribution in [0.1, 0.15) is 38.2 Å². The summed E-state index contributed by atoms with van der Waals surface area (Å²) in [5.41, 5.74) is 2.29. The maximum Gasteiger partial charge on any atom is 0.337 e. The van der Waals surface area contributed by atoms with Crippen molar-refractivity contribution in [3.63, 3.8) is 0 Å². The highest BCUT2D eigenvalue weighted by molar-refractivity contribution is 6.09. The summed E-state index contributed by atoms with van der Waals surface area (Å²) in [7, 11) is 2.84. The van der Waals surface area contributed by atoms with Crippen LogP contribution in [0.5, 0.6) is 5.75 Å². The molecule has 1 amide bonds. The molecule has 7 heteroatoms. The number of rotatable bonds is 3. The largest absolute Gasteiger partial charge is 0.496 e. The molecule has 0 saturated carbocycles. The van der Waals surface area contributed by atoms with Crippen LogP contribution in [0.3, 0.4) is 0 Å². The van der Waals surface area contributed by atoms with E-state index in [0.717, 1.165) is 5.70 Å². The number of hydrogen-bond donors (Lipinski definition) is 1. The van der Waals surface area contributed by atoms with Gasteiger partial charge in [-0.05, 0) is 17.9 Å². The van der Waals surface area contributed by atoms with Gasteiger partial charge in [0.2, 0.25) is 0 Å². The van der Waals surface area contributed by atoms with Gasteiger partial charge in [0, 0.05) is 36.3 Å². The number of hydrogen-bond acceptors (Lipinski definition) is 6. The summed E-state index contributed by atoms with van der Waals surface area (Å²) < 4.78 is 10.6.